The number of nitrogens with zero attached hydrogens (tertiary/aromatic N) is 2. The fourth-order valence-corrected chi connectivity index (χ4v) is 10.8. The van der Waals surface area contributed by atoms with Gasteiger partial charge in [0.1, 0.15) is 0 Å². The molecule has 0 spiro atoms. The lowest BCUT2D eigenvalue weighted by Crippen LogP contribution is -2.68. The summed E-state index contributed by atoms with van der Waals surface area (Å²) in [5.74, 6) is 0. The second kappa shape index (κ2) is 13.4. The molecule has 3 aliphatic heterocycles. The van der Waals surface area contributed by atoms with Gasteiger partial charge in [0, 0.05) is 34.1 Å². The molecular weight excluding hydrogens is 710 g/mol. The van der Waals surface area contributed by atoms with Gasteiger partial charge in [0.25, 0.3) is 0 Å². The Hall–Kier alpha value is -7.29. The third-order valence-corrected chi connectivity index (χ3v) is 13.0. The molecule has 274 valence electrons. The summed E-state index contributed by atoms with van der Waals surface area (Å²) >= 11 is 0. The molecule has 0 aliphatic carbocycles. The van der Waals surface area contributed by atoms with Crippen LogP contribution in [0.1, 0.15) is 22.3 Å². The van der Waals surface area contributed by atoms with Crippen molar-refractivity contribution in [1.29, 1.82) is 0 Å². The first-order valence-electron chi connectivity index (χ1n) is 20.7. The number of fused-ring (bicyclic) bond motifs is 7. The summed E-state index contributed by atoms with van der Waals surface area (Å²) in [6.07, 6.45) is 0. The molecule has 0 saturated carbocycles. The van der Waals surface area contributed by atoms with Gasteiger partial charge in [-0.25, -0.2) is 0 Å². The van der Waals surface area contributed by atoms with Gasteiger partial charge in [-0.15, -0.1) is 0 Å². The Morgan fingerprint density at radius 1 is 0.322 bits per heavy atom. The highest BCUT2D eigenvalue weighted by Gasteiger charge is 2.54. The van der Waals surface area contributed by atoms with Crippen molar-refractivity contribution >= 4 is 80.3 Å². The Bertz CT molecular complexity index is 2970. The topological polar surface area (TPSA) is 6.48 Å². The molecule has 59 heavy (non-hydrogen) atoms. The maximum Gasteiger partial charge on any atom is 0.249 e. The van der Waals surface area contributed by atoms with Crippen molar-refractivity contribution in [2.45, 2.75) is 5.41 Å². The van der Waals surface area contributed by atoms with E-state index in [0.29, 0.717) is 0 Å². The molecule has 3 heterocycles. The minimum Gasteiger partial charge on any atom is -0.312 e. The quantitative estimate of drug-likeness (QED) is 0.162. The highest BCUT2D eigenvalue weighted by molar-refractivity contribution is 7.02. The van der Waals surface area contributed by atoms with Crippen molar-refractivity contribution in [2.75, 3.05) is 9.80 Å². The monoisotopic (exact) mass is 748 g/mol. The van der Waals surface area contributed by atoms with Crippen LogP contribution in [0.4, 0.5) is 34.1 Å². The molecule has 0 radical (unpaired) electrons. The second-order valence-electron chi connectivity index (χ2n) is 15.9. The van der Waals surface area contributed by atoms with Gasteiger partial charge in [0.15, 0.2) is 0 Å². The SMILES string of the molecule is c1ccc(B2c3ccccc3N(c3ccccc3)c3cc4c5c(c32)N(c2ccccc2)c2ccccc2B5c2ccccc2C4(c2ccccc2)c2ccccc2)cc1. The fourth-order valence-electron chi connectivity index (χ4n) is 10.8. The Morgan fingerprint density at radius 2 is 0.763 bits per heavy atom. The molecule has 0 bridgehead atoms. The zero-order chi connectivity index (χ0) is 38.9. The first kappa shape index (κ1) is 33.8. The lowest BCUT2D eigenvalue weighted by molar-refractivity contribution is 0.751. The number of hydrogen-bond donors (Lipinski definition) is 0. The highest BCUT2D eigenvalue weighted by Crippen LogP contribution is 2.51. The molecule has 9 aromatic carbocycles. The summed E-state index contributed by atoms with van der Waals surface area (Å²) < 4.78 is 0. The molecule has 0 aromatic heterocycles. The predicted octanol–water partition coefficient (Wildman–Crippen LogP) is 8.98. The van der Waals surface area contributed by atoms with Gasteiger partial charge in [0.2, 0.25) is 13.4 Å². The third kappa shape index (κ3) is 4.84. The van der Waals surface area contributed by atoms with Crippen molar-refractivity contribution in [3.05, 3.63) is 253 Å². The maximum absolute atomic E-state index is 2.60. The van der Waals surface area contributed by atoms with Crippen molar-refractivity contribution in [3.63, 3.8) is 0 Å². The molecule has 4 heteroatoms. The van der Waals surface area contributed by atoms with E-state index in [1.807, 2.05) is 0 Å². The molecule has 12 rings (SSSR count). The Balaban J connectivity index is 1.35. The van der Waals surface area contributed by atoms with E-state index >= 15 is 0 Å². The molecule has 9 aromatic rings. The van der Waals surface area contributed by atoms with Crippen LogP contribution in [0.5, 0.6) is 0 Å². The van der Waals surface area contributed by atoms with E-state index in [-0.39, 0.29) is 13.4 Å². The third-order valence-electron chi connectivity index (χ3n) is 13.0. The van der Waals surface area contributed by atoms with Crippen molar-refractivity contribution < 1.29 is 0 Å². The first-order chi connectivity index (χ1) is 29.3. The van der Waals surface area contributed by atoms with Gasteiger partial charge in [-0.2, -0.15) is 0 Å². The van der Waals surface area contributed by atoms with Crippen LogP contribution in [0.2, 0.25) is 0 Å². The van der Waals surface area contributed by atoms with Gasteiger partial charge in [0.05, 0.1) is 5.41 Å². The van der Waals surface area contributed by atoms with E-state index in [9.17, 15) is 0 Å². The summed E-state index contributed by atoms with van der Waals surface area (Å²) in [7, 11) is 0. The Morgan fingerprint density at radius 3 is 1.36 bits per heavy atom. The summed E-state index contributed by atoms with van der Waals surface area (Å²) in [4.78, 5) is 5.14. The van der Waals surface area contributed by atoms with E-state index in [4.69, 9.17) is 0 Å². The summed E-state index contributed by atoms with van der Waals surface area (Å²) in [6, 6.07) is 85.9. The predicted molar refractivity (Wildman–Crippen MR) is 250 cm³/mol. The van der Waals surface area contributed by atoms with Crippen LogP contribution in [0.3, 0.4) is 0 Å². The van der Waals surface area contributed by atoms with Crippen LogP contribution >= 0.6 is 0 Å². The summed E-state index contributed by atoms with van der Waals surface area (Å²) in [5.41, 5.74) is 19.6. The number of para-hydroxylation sites is 4. The normalized spacial score (nSPS) is 14.1. The van der Waals surface area contributed by atoms with Gasteiger partial charge in [-0.05, 0) is 86.6 Å². The Labute approximate surface area is 346 Å². The second-order valence-corrected chi connectivity index (χ2v) is 15.9. The smallest absolute Gasteiger partial charge is 0.249 e. The number of hydrogen-bond acceptors (Lipinski definition) is 2. The van der Waals surface area contributed by atoms with Crippen LogP contribution in [0, 0.1) is 0 Å². The van der Waals surface area contributed by atoms with Gasteiger partial charge < -0.3 is 9.80 Å². The molecular formula is C55H38B2N2. The molecule has 0 amide bonds. The fraction of sp³-hybridized carbons (Fsp3) is 0.0182. The average molecular weight is 749 g/mol. The van der Waals surface area contributed by atoms with Crippen molar-refractivity contribution in [2.24, 2.45) is 0 Å². The van der Waals surface area contributed by atoms with E-state index in [0.717, 1.165) is 11.4 Å². The van der Waals surface area contributed by atoms with Gasteiger partial charge in [-0.1, -0.05) is 199 Å². The first-order valence-corrected chi connectivity index (χ1v) is 20.7. The van der Waals surface area contributed by atoms with Crippen LogP contribution in [0.25, 0.3) is 0 Å². The van der Waals surface area contributed by atoms with Crippen molar-refractivity contribution in [1.82, 2.24) is 0 Å². The van der Waals surface area contributed by atoms with Crippen molar-refractivity contribution in [3.8, 4) is 0 Å². The molecule has 0 N–H and O–H groups in total. The zero-order valence-electron chi connectivity index (χ0n) is 32.5. The number of rotatable bonds is 5. The molecule has 0 fully saturated rings. The zero-order valence-corrected chi connectivity index (χ0v) is 32.5. The number of anilines is 6. The van der Waals surface area contributed by atoms with Crippen LogP contribution in [-0.2, 0) is 5.41 Å². The molecule has 3 aliphatic rings. The highest BCUT2D eigenvalue weighted by atomic mass is 15.2. The minimum atomic E-state index is -0.634. The van der Waals surface area contributed by atoms with Crippen LogP contribution < -0.4 is 42.6 Å². The summed E-state index contributed by atoms with van der Waals surface area (Å²) in [6.45, 7) is -0.0446. The van der Waals surface area contributed by atoms with Crippen LogP contribution in [0.15, 0.2) is 231 Å². The standard InChI is InChI=1S/C55H38B2N2/c1-6-22-39(23-7-1)55(40-24-8-2-9-25-40)44-32-16-17-33-46(44)57-48-35-19-21-37-50(48)59(43-30-14-5-15-31-43)54-52(57)45(55)38-51-53(54)56(41-26-10-3-11-27-41)47-34-18-20-36-49(47)58(51)42-28-12-4-13-29-42/h1-38H. The average Bonchev–Trinajstić information content (AvgIpc) is 3.32. The Kier molecular flexibility index (Phi) is 7.68. The number of benzene rings is 9. The van der Waals surface area contributed by atoms with E-state index in [2.05, 4.69) is 240 Å². The molecule has 2 nitrogen and oxygen atoms in total. The van der Waals surface area contributed by atoms with Crippen LogP contribution in [-0.4, -0.2) is 13.4 Å². The van der Waals surface area contributed by atoms with E-state index < -0.39 is 5.41 Å². The molecule has 0 saturated heterocycles. The van der Waals surface area contributed by atoms with E-state index in [1.54, 1.807) is 0 Å². The van der Waals surface area contributed by atoms with Gasteiger partial charge >= 0.3 is 0 Å². The van der Waals surface area contributed by atoms with E-state index in [1.165, 1.54) is 77.8 Å². The molecule has 0 atom stereocenters. The lowest BCUT2D eigenvalue weighted by Gasteiger charge is -2.51. The lowest BCUT2D eigenvalue weighted by atomic mass is 9.27. The molecule has 0 unspecified atom stereocenters. The van der Waals surface area contributed by atoms with Gasteiger partial charge in [-0.3, -0.25) is 0 Å². The maximum atomic E-state index is 2.60. The summed E-state index contributed by atoms with van der Waals surface area (Å²) in [5, 5.41) is 0. The minimum absolute atomic E-state index is 0.00280. The largest absolute Gasteiger partial charge is 0.312 e.